The lowest BCUT2D eigenvalue weighted by atomic mass is 10.0. The second kappa shape index (κ2) is 62.4. The number of rotatable bonds is 58. The number of hydrogen-bond donors (Lipinski definition) is 0. The first-order valence-corrected chi connectivity index (χ1v) is 31.9. The molecule has 428 valence electrons. The molecule has 0 aromatic carbocycles. The van der Waals surface area contributed by atoms with Gasteiger partial charge >= 0.3 is 17.9 Å². The van der Waals surface area contributed by atoms with Gasteiger partial charge < -0.3 is 14.2 Å². The zero-order valence-corrected chi connectivity index (χ0v) is 49.1. The van der Waals surface area contributed by atoms with Crippen LogP contribution in [0.1, 0.15) is 323 Å². The van der Waals surface area contributed by atoms with E-state index in [0.717, 1.165) is 103 Å². The SMILES string of the molecule is CC/C=C\C/C=C\C/C=C\CCCCCCCC(=O)OCC(COC(=O)CCCCCCCCCCCCC/C=C\C/C=C\CCCCCCC)OC(=O)CCCCCCCCC/C=C\CCCCCCCCC. The lowest BCUT2D eigenvalue weighted by molar-refractivity contribution is -0.167. The molecule has 0 aliphatic rings. The molecule has 1 unspecified atom stereocenters. The molecule has 0 heterocycles. The van der Waals surface area contributed by atoms with Crippen molar-refractivity contribution in [2.24, 2.45) is 0 Å². The summed E-state index contributed by atoms with van der Waals surface area (Å²) in [7, 11) is 0. The monoisotopic (exact) mass is 1030 g/mol. The summed E-state index contributed by atoms with van der Waals surface area (Å²) in [4.78, 5) is 38.3. The summed E-state index contributed by atoms with van der Waals surface area (Å²) in [5.41, 5.74) is 0. The number of ether oxygens (including phenoxy) is 3. The highest BCUT2D eigenvalue weighted by Crippen LogP contribution is 2.16. The van der Waals surface area contributed by atoms with E-state index in [0.29, 0.717) is 19.3 Å². The van der Waals surface area contributed by atoms with Gasteiger partial charge in [-0.25, -0.2) is 0 Å². The van der Waals surface area contributed by atoms with Gasteiger partial charge in [-0.1, -0.05) is 267 Å². The van der Waals surface area contributed by atoms with E-state index >= 15 is 0 Å². The van der Waals surface area contributed by atoms with Gasteiger partial charge in [-0.3, -0.25) is 14.4 Å². The Morgan fingerprint density at radius 2 is 0.527 bits per heavy atom. The van der Waals surface area contributed by atoms with Crippen molar-refractivity contribution in [2.45, 2.75) is 329 Å². The molecule has 0 aromatic rings. The fraction of sp³-hybridized carbons (Fsp3) is 0.779. The molecule has 0 amide bonds. The molecule has 0 spiro atoms. The van der Waals surface area contributed by atoms with Gasteiger partial charge in [-0.2, -0.15) is 0 Å². The van der Waals surface area contributed by atoms with Crippen LogP contribution in [0.4, 0.5) is 0 Å². The van der Waals surface area contributed by atoms with Crippen LogP contribution in [0, 0.1) is 0 Å². The number of allylic oxidation sites excluding steroid dienone is 12. The van der Waals surface area contributed by atoms with Gasteiger partial charge in [-0.05, 0) is 109 Å². The Balaban J connectivity index is 4.35. The van der Waals surface area contributed by atoms with Crippen molar-refractivity contribution in [3.05, 3.63) is 72.9 Å². The van der Waals surface area contributed by atoms with Crippen molar-refractivity contribution in [3.8, 4) is 0 Å². The van der Waals surface area contributed by atoms with Gasteiger partial charge in [0.15, 0.2) is 6.10 Å². The van der Waals surface area contributed by atoms with E-state index in [4.69, 9.17) is 14.2 Å². The number of carbonyl (C=O) groups is 3. The molecule has 0 radical (unpaired) electrons. The van der Waals surface area contributed by atoms with Crippen molar-refractivity contribution in [1.82, 2.24) is 0 Å². The van der Waals surface area contributed by atoms with Crippen LogP contribution in [0.5, 0.6) is 0 Å². The molecule has 74 heavy (non-hydrogen) atoms. The summed E-state index contributed by atoms with van der Waals surface area (Å²) in [6.07, 6.45) is 80.5. The van der Waals surface area contributed by atoms with Crippen LogP contribution in [-0.4, -0.2) is 37.2 Å². The molecule has 1 atom stereocenters. The van der Waals surface area contributed by atoms with Gasteiger partial charge in [0, 0.05) is 19.3 Å². The molecule has 6 heteroatoms. The second-order valence-corrected chi connectivity index (χ2v) is 21.3. The topological polar surface area (TPSA) is 78.9 Å². The quantitative estimate of drug-likeness (QED) is 0.0261. The van der Waals surface area contributed by atoms with E-state index in [1.807, 2.05) is 0 Å². The van der Waals surface area contributed by atoms with E-state index in [1.165, 1.54) is 180 Å². The third kappa shape index (κ3) is 59.7. The van der Waals surface area contributed by atoms with Crippen LogP contribution >= 0.6 is 0 Å². The van der Waals surface area contributed by atoms with E-state index in [-0.39, 0.29) is 31.1 Å². The summed E-state index contributed by atoms with van der Waals surface area (Å²) in [6, 6.07) is 0. The Hall–Kier alpha value is -3.15. The zero-order valence-electron chi connectivity index (χ0n) is 49.1. The van der Waals surface area contributed by atoms with Crippen LogP contribution in [0.3, 0.4) is 0 Å². The van der Waals surface area contributed by atoms with Crippen molar-refractivity contribution in [1.29, 1.82) is 0 Å². The van der Waals surface area contributed by atoms with Crippen LogP contribution in [-0.2, 0) is 28.6 Å². The smallest absolute Gasteiger partial charge is 0.306 e. The number of hydrogen-bond acceptors (Lipinski definition) is 6. The first-order valence-electron chi connectivity index (χ1n) is 31.9. The van der Waals surface area contributed by atoms with Gasteiger partial charge in [-0.15, -0.1) is 0 Å². The van der Waals surface area contributed by atoms with E-state index < -0.39 is 6.10 Å². The molecule has 6 nitrogen and oxygen atoms in total. The minimum absolute atomic E-state index is 0.0825. The molecule has 0 aromatic heterocycles. The minimum atomic E-state index is -0.787. The van der Waals surface area contributed by atoms with Crippen LogP contribution < -0.4 is 0 Å². The van der Waals surface area contributed by atoms with Crippen LogP contribution in [0.15, 0.2) is 72.9 Å². The van der Waals surface area contributed by atoms with Crippen molar-refractivity contribution in [2.75, 3.05) is 13.2 Å². The Bertz CT molecular complexity index is 1370. The summed E-state index contributed by atoms with van der Waals surface area (Å²) >= 11 is 0. The van der Waals surface area contributed by atoms with E-state index in [9.17, 15) is 14.4 Å². The fourth-order valence-corrected chi connectivity index (χ4v) is 9.13. The summed E-state index contributed by atoms with van der Waals surface area (Å²) < 4.78 is 16.9. The summed E-state index contributed by atoms with van der Waals surface area (Å²) in [5.74, 6) is -0.892. The maximum absolute atomic E-state index is 12.9. The zero-order chi connectivity index (χ0) is 53.6. The van der Waals surface area contributed by atoms with Crippen LogP contribution in [0.2, 0.25) is 0 Å². The third-order valence-electron chi connectivity index (χ3n) is 13.9. The fourth-order valence-electron chi connectivity index (χ4n) is 9.13. The Labute approximate surface area is 459 Å². The molecular weight excluding hydrogens is 913 g/mol. The molecule has 0 saturated heterocycles. The molecule has 0 saturated carbocycles. The molecule has 0 fully saturated rings. The Morgan fingerprint density at radius 3 is 0.838 bits per heavy atom. The van der Waals surface area contributed by atoms with Crippen LogP contribution in [0.25, 0.3) is 0 Å². The predicted molar refractivity (Wildman–Crippen MR) is 321 cm³/mol. The van der Waals surface area contributed by atoms with Crippen molar-refractivity contribution < 1.29 is 28.6 Å². The molecule has 0 N–H and O–H groups in total. The molecular formula is C68H120O6. The maximum Gasteiger partial charge on any atom is 0.306 e. The minimum Gasteiger partial charge on any atom is -0.462 e. The van der Waals surface area contributed by atoms with Gasteiger partial charge in [0.1, 0.15) is 13.2 Å². The largest absolute Gasteiger partial charge is 0.462 e. The average Bonchev–Trinajstić information content (AvgIpc) is 3.40. The average molecular weight is 1030 g/mol. The first-order chi connectivity index (χ1) is 36.5. The summed E-state index contributed by atoms with van der Waals surface area (Å²) in [6.45, 7) is 6.53. The highest BCUT2D eigenvalue weighted by Gasteiger charge is 2.19. The van der Waals surface area contributed by atoms with Crippen molar-refractivity contribution in [3.63, 3.8) is 0 Å². The molecule has 0 rings (SSSR count). The number of unbranched alkanes of at least 4 members (excludes halogenated alkanes) is 35. The number of esters is 3. The molecule has 0 aliphatic heterocycles. The van der Waals surface area contributed by atoms with Gasteiger partial charge in [0.25, 0.3) is 0 Å². The lowest BCUT2D eigenvalue weighted by Crippen LogP contribution is -2.30. The Morgan fingerprint density at radius 1 is 0.284 bits per heavy atom. The summed E-state index contributed by atoms with van der Waals surface area (Å²) in [5, 5.41) is 0. The first kappa shape index (κ1) is 70.8. The normalized spacial score (nSPS) is 12.5. The highest BCUT2D eigenvalue weighted by molar-refractivity contribution is 5.71. The predicted octanol–water partition coefficient (Wildman–Crippen LogP) is 21.7. The van der Waals surface area contributed by atoms with Crippen molar-refractivity contribution >= 4 is 17.9 Å². The highest BCUT2D eigenvalue weighted by atomic mass is 16.6. The standard InChI is InChI=1S/C68H120O6/c1-4-7-10-13-16-19-22-25-28-30-32-33-34-35-36-38-40-43-46-49-52-55-58-61-67(70)73-64-65(63-72-66(69)60-57-54-51-48-45-42-39-27-24-21-18-15-12-9-6-3)74-68(71)62-59-56-53-50-47-44-41-37-31-29-26-23-20-17-14-11-8-5-2/h9,12,18,21-22,25,27,29-32,39,65H,4-8,10-11,13-17,19-20,23-24,26,28,33-38,40-64H2,1-3H3/b12-9-,21-18-,25-22-,31-29-,32-30-,39-27-. The maximum atomic E-state index is 12.9. The molecule has 0 aliphatic carbocycles. The molecule has 0 bridgehead atoms. The van der Waals surface area contributed by atoms with E-state index in [1.54, 1.807) is 0 Å². The van der Waals surface area contributed by atoms with Gasteiger partial charge in [0.2, 0.25) is 0 Å². The Kier molecular flexibility index (Phi) is 59.7. The number of carbonyl (C=O) groups excluding carboxylic acids is 3. The van der Waals surface area contributed by atoms with Gasteiger partial charge in [0.05, 0.1) is 0 Å². The van der Waals surface area contributed by atoms with E-state index in [2.05, 4.69) is 93.7 Å². The third-order valence-corrected chi connectivity index (χ3v) is 13.9. The lowest BCUT2D eigenvalue weighted by Gasteiger charge is -2.18. The second-order valence-electron chi connectivity index (χ2n) is 21.3.